The minimum atomic E-state index is -1.19. The number of carboxylic acids is 1. The topological polar surface area (TPSA) is 103 Å². The van der Waals surface area contributed by atoms with E-state index in [0.717, 1.165) is 5.56 Å². The number of hydrogen-bond donors (Lipinski definition) is 1. The number of carbonyl (C=O) groups is 1. The molecule has 0 radical (unpaired) electrons. The number of carboxylic acid groups (broad SMARTS) is 1. The molecule has 0 aliphatic carbocycles. The number of aromatic nitrogens is 1. The monoisotopic (exact) mass is 288 g/mol. The Morgan fingerprint density at radius 2 is 2.14 bits per heavy atom. The van der Waals surface area contributed by atoms with E-state index >= 15 is 0 Å². The molecule has 1 aromatic carbocycles. The molecule has 1 aromatic heterocycles. The third-order valence-corrected chi connectivity index (χ3v) is 2.86. The summed E-state index contributed by atoms with van der Waals surface area (Å²) in [5.41, 5.74) is 0.465. The number of aromatic carboxylic acids is 1. The number of aryl methyl sites for hydroxylation is 1. The molecule has 0 aliphatic rings. The number of hydrogen-bond acceptors (Lipinski definition) is 5. The van der Waals surface area contributed by atoms with Gasteiger partial charge >= 0.3 is 11.7 Å². The average molecular weight is 288 g/mol. The Morgan fingerprint density at radius 3 is 2.76 bits per heavy atom. The Hall–Kier alpha value is -2.96. The third-order valence-electron chi connectivity index (χ3n) is 2.86. The van der Waals surface area contributed by atoms with Gasteiger partial charge in [-0.2, -0.15) is 0 Å². The molecular formula is C14H12N2O5. The van der Waals surface area contributed by atoms with Gasteiger partial charge in [-0.25, -0.2) is 4.79 Å². The molecule has 1 N–H and O–H groups in total. The summed E-state index contributed by atoms with van der Waals surface area (Å²) in [5.74, 6) is -1.26. The Morgan fingerprint density at radius 1 is 1.38 bits per heavy atom. The van der Waals surface area contributed by atoms with Crippen molar-refractivity contribution in [2.45, 2.75) is 13.3 Å². The van der Waals surface area contributed by atoms with E-state index in [0.29, 0.717) is 6.42 Å². The summed E-state index contributed by atoms with van der Waals surface area (Å²) >= 11 is 0. The van der Waals surface area contributed by atoms with Crippen molar-refractivity contribution in [3.63, 3.8) is 0 Å². The predicted octanol–water partition coefficient (Wildman–Crippen LogP) is 3.04. The maximum atomic E-state index is 11.1. The zero-order chi connectivity index (χ0) is 15.4. The normalized spacial score (nSPS) is 10.1. The van der Waals surface area contributed by atoms with E-state index in [1.54, 1.807) is 6.07 Å². The molecule has 0 atom stereocenters. The van der Waals surface area contributed by atoms with Crippen molar-refractivity contribution in [1.82, 2.24) is 4.98 Å². The van der Waals surface area contributed by atoms with Crippen molar-refractivity contribution < 1.29 is 19.6 Å². The average Bonchev–Trinajstić information content (AvgIpc) is 2.47. The fourth-order valence-electron chi connectivity index (χ4n) is 1.77. The van der Waals surface area contributed by atoms with Gasteiger partial charge in [0.25, 0.3) is 0 Å². The molecule has 0 fully saturated rings. The summed E-state index contributed by atoms with van der Waals surface area (Å²) in [7, 11) is 0. The van der Waals surface area contributed by atoms with Gasteiger partial charge in [0.05, 0.1) is 11.1 Å². The van der Waals surface area contributed by atoms with Crippen molar-refractivity contribution in [3.05, 3.63) is 57.9 Å². The molecule has 108 valence electrons. The Kier molecular flexibility index (Phi) is 4.13. The minimum absolute atomic E-state index is 0.0206. The number of pyridine rings is 1. The molecule has 0 unspecified atom stereocenters. The zero-order valence-corrected chi connectivity index (χ0v) is 11.1. The molecule has 7 nitrogen and oxygen atoms in total. The SMILES string of the molecule is CCc1ccc(Oc2cnccc2C(=O)O)c([N+](=O)[O-])c1. The number of nitro groups is 1. The lowest BCUT2D eigenvalue weighted by atomic mass is 10.1. The van der Waals surface area contributed by atoms with Crippen molar-refractivity contribution in [2.24, 2.45) is 0 Å². The molecule has 0 saturated carbocycles. The molecule has 7 heteroatoms. The summed E-state index contributed by atoms with van der Waals surface area (Å²) in [6.07, 6.45) is 3.17. The van der Waals surface area contributed by atoms with Gasteiger partial charge in [-0.3, -0.25) is 15.1 Å². The van der Waals surface area contributed by atoms with E-state index in [-0.39, 0.29) is 22.7 Å². The largest absolute Gasteiger partial charge is 0.478 e. The lowest BCUT2D eigenvalue weighted by Gasteiger charge is -2.09. The van der Waals surface area contributed by atoms with Crippen LogP contribution < -0.4 is 4.74 Å². The second kappa shape index (κ2) is 6.00. The lowest BCUT2D eigenvalue weighted by Crippen LogP contribution is -2.02. The molecule has 21 heavy (non-hydrogen) atoms. The first kappa shape index (κ1) is 14.4. The van der Waals surface area contributed by atoms with Crippen LogP contribution in [0.15, 0.2) is 36.7 Å². The third kappa shape index (κ3) is 3.14. The molecular weight excluding hydrogens is 276 g/mol. The van der Waals surface area contributed by atoms with Crippen LogP contribution in [0.5, 0.6) is 11.5 Å². The standard InChI is InChI=1S/C14H12N2O5/c1-2-9-3-4-12(11(7-9)16(19)20)21-13-8-15-6-5-10(13)14(17)18/h3-8H,2H2,1H3,(H,17,18). The van der Waals surface area contributed by atoms with Crippen LogP contribution in [-0.2, 0) is 6.42 Å². The minimum Gasteiger partial charge on any atom is -0.478 e. The van der Waals surface area contributed by atoms with Gasteiger partial charge in [0.15, 0.2) is 5.75 Å². The summed E-state index contributed by atoms with van der Waals surface area (Å²) in [5, 5.41) is 20.2. The van der Waals surface area contributed by atoms with Gasteiger partial charge in [-0.15, -0.1) is 0 Å². The van der Waals surface area contributed by atoms with Crippen molar-refractivity contribution in [3.8, 4) is 11.5 Å². The summed E-state index contributed by atoms with van der Waals surface area (Å²) in [6.45, 7) is 1.88. The van der Waals surface area contributed by atoms with E-state index in [2.05, 4.69) is 4.98 Å². The Bertz CT molecular complexity index is 700. The van der Waals surface area contributed by atoms with E-state index in [4.69, 9.17) is 9.84 Å². The number of ether oxygens (including phenoxy) is 1. The number of rotatable bonds is 5. The molecule has 1 heterocycles. The second-order valence-corrected chi connectivity index (χ2v) is 4.19. The molecule has 0 spiro atoms. The van der Waals surface area contributed by atoms with Crippen LogP contribution in [0, 0.1) is 10.1 Å². The van der Waals surface area contributed by atoms with Crippen LogP contribution >= 0.6 is 0 Å². The fourth-order valence-corrected chi connectivity index (χ4v) is 1.77. The first-order chi connectivity index (χ1) is 10.0. The van der Waals surface area contributed by atoms with Crippen molar-refractivity contribution in [2.75, 3.05) is 0 Å². The predicted molar refractivity (Wildman–Crippen MR) is 73.7 cm³/mol. The molecule has 0 aliphatic heterocycles. The van der Waals surface area contributed by atoms with Crippen LogP contribution in [0.25, 0.3) is 0 Å². The maximum absolute atomic E-state index is 11.1. The first-order valence-electron chi connectivity index (χ1n) is 6.15. The van der Waals surface area contributed by atoms with E-state index in [1.807, 2.05) is 6.92 Å². The van der Waals surface area contributed by atoms with Crippen LogP contribution in [0.4, 0.5) is 5.69 Å². The highest BCUT2D eigenvalue weighted by Gasteiger charge is 2.19. The smallest absolute Gasteiger partial charge is 0.339 e. The Labute approximate surface area is 120 Å². The number of benzene rings is 1. The van der Waals surface area contributed by atoms with E-state index < -0.39 is 10.9 Å². The maximum Gasteiger partial charge on any atom is 0.339 e. The van der Waals surface area contributed by atoms with E-state index in [9.17, 15) is 14.9 Å². The fraction of sp³-hybridized carbons (Fsp3) is 0.143. The first-order valence-corrected chi connectivity index (χ1v) is 6.15. The van der Waals surface area contributed by atoms with Gasteiger partial charge in [-0.05, 0) is 24.1 Å². The summed E-state index contributed by atoms with van der Waals surface area (Å²) < 4.78 is 5.38. The molecule has 0 amide bonds. The highest BCUT2D eigenvalue weighted by molar-refractivity contribution is 5.90. The molecule has 0 saturated heterocycles. The van der Waals surface area contributed by atoms with Gasteiger partial charge in [0, 0.05) is 12.3 Å². The quantitative estimate of drug-likeness (QED) is 0.670. The molecule has 0 bridgehead atoms. The van der Waals surface area contributed by atoms with Crippen LogP contribution in [0.2, 0.25) is 0 Å². The molecule has 2 rings (SSSR count). The van der Waals surface area contributed by atoms with Gasteiger partial charge in [0.2, 0.25) is 5.75 Å². The van der Waals surface area contributed by atoms with Crippen LogP contribution in [0.3, 0.4) is 0 Å². The van der Waals surface area contributed by atoms with Crippen molar-refractivity contribution in [1.29, 1.82) is 0 Å². The van der Waals surface area contributed by atoms with Gasteiger partial charge in [-0.1, -0.05) is 13.0 Å². The highest BCUT2D eigenvalue weighted by Crippen LogP contribution is 2.33. The number of nitrogens with zero attached hydrogens (tertiary/aromatic N) is 2. The summed E-state index contributed by atoms with van der Waals surface area (Å²) in [4.78, 5) is 25.4. The second-order valence-electron chi connectivity index (χ2n) is 4.19. The van der Waals surface area contributed by atoms with Crippen molar-refractivity contribution >= 4 is 11.7 Å². The van der Waals surface area contributed by atoms with Crippen LogP contribution in [-0.4, -0.2) is 21.0 Å². The number of nitro benzene ring substituents is 1. The summed E-state index contributed by atoms with van der Waals surface area (Å²) in [6, 6.07) is 5.82. The Balaban J connectivity index is 2.45. The van der Waals surface area contributed by atoms with E-state index in [1.165, 1.54) is 30.6 Å². The zero-order valence-electron chi connectivity index (χ0n) is 11.1. The molecule has 2 aromatic rings. The highest BCUT2D eigenvalue weighted by atomic mass is 16.6. The van der Waals surface area contributed by atoms with Crippen LogP contribution in [0.1, 0.15) is 22.8 Å². The lowest BCUT2D eigenvalue weighted by molar-refractivity contribution is -0.385. The van der Waals surface area contributed by atoms with Gasteiger partial charge in [0.1, 0.15) is 5.56 Å². The van der Waals surface area contributed by atoms with Gasteiger partial charge < -0.3 is 9.84 Å².